The molecule has 1 atom stereocenters. The largest absolute Gasteiger partial charge is 0.504 e. The Morgan fingerprint density at radius 2 is 2.19 bits per heavy atom. The molecule has 0 saturated heterocycles. The van der Waals surface area contributed by atoms with Crippen molar-refractivity contribution in [3.05, 3.63) is 45.5 Å². The first-order valence-electron chi connectivity index (χ1n) is 7.95. The minimum absolute atomic E-state index is 0.0834. The third-order valence-corrected chi connectivity index (χ3v) is 4.36. The molecule has 0 bridgehead atoms. The van der Waals surface area contributed by atoms with E-state index >= 15 is 0 Å². The summed E-state index contributed by atoms with van der Waals surface area (Å²) < 4.78 is 17.1. The fourth-order valence-electron chi connectivity index (χ4n) is 2.33. The summed E-state index contributed by atoms with van der Waals surface area (Å²) >= 11 is 2.00. The van der Waals surface area contributed by atoms with Gasteiger partial charge in [-0.2, -0.15) is 5.10 Å². The van der Waals surface area contributed by atoms with Crippen molar-refractivity contribution in [1.29, 1.82) is 0 Å². The Kier molecular flexibility index (Phi) is 5.82. The van der Waals surface area contributed by atoms with Crippen LogP contribution >= 0.6 is 22.6 Å². The van der Waals surface area contributed by atoms with E-state index in [-0.39, 0.29) is 12.4 Å². The summed E-state index contributed by atoms with van der Waals surface area (Å²) in [7, 11) is 0. The van der Waals surface area contributed by atoms with E-state index < -0.39 is 12.0 Å². The third-order valence-electron chi connectivity index (χ3n) is 3.54. The zero-order valence-corrected chi connectivity index (χ0v) is 16.1. The lowest BCUT2D eigenvalue weighted by Gasteiger charge is -2.24. The number of rotatable bonds is 5. The average Bonchev–Trinajstić information content (AvgIpc) is 2.65. The average molecular weight is 468 g/mol. The molecule has 0 unspecified atom stereocenters. The number of benzene rings is 2. The molecule has 0 aliphatic carbocycles. The number of hydrogen-bond donors (Lipinski definition) is 2. The number of amides is 1. The number of phenols is 1. The van der Waals surface area contributed by atoms with Crippen LogP contribution in [-0.4, -0.2) is 36.5 Å². The highest BCUT2D eigenvalue weighted by molar-refractivity contribution is 14.1. The van der Waals surface area contributed by atoms with Crippen molar-refractivity contribution in [2.24, 2.45) is 5.10 Å². The van der Waals surface area contributed by atoms with Gasteiger partial charge in [0.15, 0.2) is 23.0 Å². The third kappa shape index (κ3) is 4.18. The molecular weight excluding hydrogens is 451 g/mol. The summed E-state index contributed by atoms with van der Waals surface area (Å²) in [5, 5.41) is 13.9. The number of carbonyl (C=O) groups excluding carboxylic acids is 1. The molecule has 2 N–H and O–H groups in total. The van der Waals surface area contributed by atoms with Crippen LogP contribution in [0.3, 0.4) is 0 Å². The lowest BCUT2D eigenvalue weighted by Crippen LogP contribution is -2.42. The minimum Gasteiger partial charge on any atom is -0.504 e. The molecular formula is C18H17IN2O5. The van der Waals surface area contributed by atoms with Crippen molar-refractivity contribution in [2.45, 2.75) is 13.0 Å². The van der Waals surface area contributed by atoms with Gasteiger partial charge in [0.25, 0.3) is 5.91 Å². The molecule has 0 aromatic heterocycles. The molecule has 0 spiro atoms. The maximum Gasteiger partial charge on any atom is 0.284 e. The van der Waals surface area contributed by atoms with Gasteiger partial charge in [-0.3, -0.25) is 4.79 Å². The number of hydrogen-bond acceptors (Lipinski definition) is 6. The monoisotopic (exact) mass is 468 g/mol. The lowest BCUT2D eigenvalue weighted by molar-refractivity contribution is -0.130. The van der Waals surface area contributed by atoms with Crippen LogP contribution in [0.4, 0.5) is 0 Å². The second-order valence-corrected chi connectivity index (χ2v) is 6.54. The van der Waals surface area contributed by atoms with Crippen LogP contribution in [0.15, 0.2) is 41.5 Å². The van der Waals surface area contributed by atoms with E-state index in [2.05, 4.69) is 10.5 Å². The SMILES string of the molecule is CCOc1cc(/C=N\NC(=O)[C@H]2COc3ccccc3O2)cc(I)c1O. The summed E-state index contributed by atoms with van der Waals surface area (Å²) in [6, 6.07) is 10.5. The highest BCUT2D eigenvalue weighted by Gasteiger charge is 2.26. The zero-order chi connectivity index (χ0) is 18.5. The number of carbonyl (C=O) groups is 1. The number of nitrogens with zero attached hydrogens (tertiary/aromatic N) is 1. The Bertz CT molecular complexity index is 840. The number of hydrazone groups is 1. The van der Waals surface area contributed by atoms with E-state index in [4.69, 9.17) is 14.2 Å². The fraction of sp³-hybridized carbons (Fsp3) is 0.222. The highest BCUT2D eigenvalue weighted by atomic mass is 127. The molecule has 136 valence electrons. The van der Waals surface area contributed by atoms with Crippen LogP contribution in [0.25, 0.3) is 0 Å². The summed E-state index contributed by atoms with van der Waals surface area (Å²) in [6.45, 7) is 2.38. The van der Waals surface area contributed by atoms with E-state index in [0.717, 1.165) is 0 Å². The van der Waals surface area contributed by atoms with Gasteiger partial charge in [-0.05, 0) is 59.3 Å². The van der Waals surface area contributed by atoms with Crippen LogP contribution in [0.2, 0.25) is 0 Å². The predicted molar refractivity (Wildman–Crippen MR) is 104 cm³/mol. The van der Waals surface area contributed by atoms with Crippen LogP contribution in [0.1, 0.15) is 12.5 Å². The predicted octanol–water partition coefficient (Wildman–Crippen LogP) is 2.69. The highest BCUT2D eigenvalue weighted by Crippen LogP contribution is 2.32. The van der Waals surface area contributed by atoms with Gasteiger partial charge in [0.2, 0.25) is 6.10 Å². The van der Waals surface area contributed by atoms with Gasteiger partial charge in [0, 0.05) is 0 Å². The minimum atomic E-state index is -0.777. The van der Waals surface area contributed by atoms with Gasteiger partial charge in [0.05, 0.1) is 16.4 Å². The Hall–Kier alpha value is -2.49. The van der Waals surface area contributed by atoms with Crippen molar-refractivity contribution < 1.29 is 24.1 Å². The smallest absolute Gasteiger partial charge is 0.284 e. The molecule has 2 aromatic rings. The molecule has 1 heterocycles. The van der Waals surface area contributed by atoms with Crippen LogP contribution in [-0.2, 0) is 4.79 Å². The molecule has 7 nitrogen and oxygen atoms in total. The number of ether oxygens (including phenoxy) is 3. The normalized spacial score (nSPS) is 15.7. The summed E-state index contributed by atoms with van der Waals surface area (Å²) in [4.78, 5) is 12.2. The summed E-state index contributed by atoms with van der Waals surface area (Å²) in [5.41, 5.74) is 3.12. The fourth-order valence-corrected chi connectivity index (χ4v) is 2.95. The van der Waals surface area contributed by atoms with Crippen LogP contribution < -0.4 is 19.6 Å². The Labute approximate surface area is 164 Å². The maximum absolute atomic E-state index is 12.2. The Morgan fingerprint density at radius 1 is 1.42 bits per heavy atom. The van der Waals surface area contributed by atoms with E-state index in [0.29, 0.717) is 33.0 Å². The number of aromatic hydroxyl groups is 1. The molecule has 0 fully saturated rings. The Balaban J connectivity index is 1.63. The standard InChI is InChI=1S/C18H17IN2O5/c1-2-24-15-8-11(7-12(19)17(15)22)9-20-21-18(23)16-10-25-13-5-3-4-6-14(13)26-16/h3-9,16,22H,2,10H2,1H3,(H,21,23)/b20-9-/t16-/m1/s1. The molecule has 0 radical (unpaired) electrons. The number of fused-ring (bicyclic) bond motifs is 1. The molecule has 1 aliphatic rings. The van der Waals surface area contributed by atoms with Crippen molar-refractivity contribution in [3.8, 4) is 23.0 Å². The van der Waals surface area contributed by atoms with Gasteiger partial charge in [0.1, 0.15) is 6.61 Å². The first-order valence-corrected chi connectivity index (χ1v) is 9.03. The molecule has 3 rings (SSSR count). The first-order chi connectivity index (χ1) is 12.6. The van der Waals surface area contributed by atoms with Gasteiger partial charge in [-0.25, -0.2) is 5.43 Å². The molecule has 0 saturated carbocycles. The van der Waals surface area contributed by atoms with Crippen molar-refractivity contribution >= 4 is 34.7 Å². The number of para-hydroxylation sites is 2. The maximum atomic E-state index is 12.2. The van der Waals surface area contributed by atoms with E-state index in [1.165, 1.54) is 6.21 Å². The second kappa shape index (κ2) is 8.26. The van der Waals surface area contributed by atoms with E-state index in [1.54, 1.807) is 24.3 Å². The Morgan fingerprint density at radius 3 is 2.96 bits per heavy atom. The van der Waals surface area contributed by atoms with Crippen molar-refractivity contribution in [1.82, 2.24) is 5.43 Å². The first kappa shape index (κ1) is 18.3. The molecule has 2 aromatic carbocycles. The van der Waals surface area contributed by atoms with Crippen LogP contribution in [0.5, 0.6) is 23.0 Å². The van der Waals surface area contributed by atoms with Gasteiger partial charge in [-0.1, -0.05) is 12.1 Å². The molecule has 1 aliphatic heterocycles. The second-order valence-electron chi connectivity index (χ2n) is 5.38. The van der Waals surface area contributed by atoms with Crippen molar-refractivity contribution in [3.63, 3.8) is 0 Å². The summed E-state index contributed by atoms with van der Waals surface area (Å²) in [5.74, 6) is 1.18. The lowest BCUT2D eigenvalue weighted by atomic mass is 10.2. The number of phenolic OH excluding ortho intramolecular Hbond substituents is 1. The van der Waals surface area contributed by atoms with E-state index in [9.17, 15) is 9.90 Å². The topological polar surface area (TPSA) is 89.4 Å². The van der Waals surface area contributed by atoms with Gasteiger partial charge >= 0.3 is 0 Å². The molecule has 26 heavy (non-hydrogen) atoms. The van der Waals surface area contributed by atoms with Gasteiger partial charge in [-0.15, -0.1) is 0 Å². The summed E-state index contributed by atoms with van der Waals surface area (Å²) in [6.07, 6.45) is 0.695. The number of nitrogens with one attached hydrogen (secondary N) is 1. The molecule has 8 heteroatoms. The zero-order valence-electron chi connectivity index (χ0n) is 13.9. The quantitative estimate of drug-likeness (QED) is 0.400. The van der Waals surface area contributed by atoms with Crippen molar-refractivity contribution in [2.75, 3.05) is 13.2 Å². The van der Waals surface area contributed by atoms with Crippen LogP contribution in [0, 0.1) is 3.57 Å². The number of halogens is 1. The van der Waals surface area contributed by atoms with E-state index in [1.807, 2.05) is 41.6 Å². The van der Waals surface area contributed by atoms with Gasteiger partial charge < -0.3 is 19.3 Å². The molecule has 1 amide bonds.